The molecular weight excluding hydrogens is 356 g/mol. The van der Waals surface area contributed by atoms with Gasteiger partial charge in [0.2, 0.25) is 5.91 Å². The maximum atomic E-state index is 12.7. The lowest BCUT2D eigenvalue weighted by Crippen LogP contribution is -2.43. The third-order valence-corrected chi connectivity index (χ3v) is 5.08. The Kier molecular flexibility index (Phi) is 3.96. The van der Waals surface area contributed by atoms with Gasteiger partial charge in [0, 0.05) is 39.7 Å². The number of rotatable bonds is 3. The highest BCUT2D eigenvalue weighted by molar-refractivity contribution is 6.09. The van der Waals surface area contributed by atoms with Crippen molar-refractivity contribution in [1.82, 2.24) is 10.3 Å². The molecule has 0 radical (unpaired) electrons. The maximum Gasteiger partial charge on any atom is 0.268 e. The number of nitrogens with two attached hydrogens (primary N) is 1. The molecule has 0 bridgehead atoms. The summed E-state index contributed by atoms with van der Waals surface area (Å²) in [5.41, 5.74) is 8.68. The minimum Gasteiger partial charge on any atom is -0.366 e. The first kappa shape index (κ1) is 17.8. The summed E-state index contributed by atoms with van der Waals surface area (Å²) in [5.74, 6) is -0.931. The van der Waals surface area contributed by atoms with E-state index in [1.165, 1.54) is 0 Å². The molecule has 0 saturated carbocycles. The molecule has 0 atom stereocenters. The van der Waals surface area contributed by atoms with Gasteiger partial charge >= 0.3 is 0 Å². The topological polar surface area (TPSA) is 117 Å². The second-order valence-electron chi connectivity index (χ2n) is 7.60. The van der Waals surface area contributed by atoms with Crippen LogP contribution in [0.2, 0.25) is 0 Å². The van der Waals surface area contributed by atoms with Crippen LogP contribution in [0.15, 0.2) is 42.5 Å². The molecule has 28 heavy (non-hydrogen) atoms. The van der Waals surface area contributed by atoms with Gasteiger partial charge in [-0.3, -0.25) is 14.4 Å². The van der Waals surface area contributed by atoms with E-state index in [2.05, 4.69) is 29.5 Å². The van der Waals surface area contributed by atoms with Crippen molar-refractivity contribution >= 4 is 34.3 Å². The molecular formula is C21H20N4O3. The largest absolute Gasteiger partial charge is 0.366 e. The Balaban J connectivity index is 1.68. The van der Waals surface area contributed by atoms with E-state index in [0.717, 1.165) is 16.5 Å². The van der Waals surface area contributed by atoms with Crippen molar-refractivity contribution in [3.8, 4) is 0 Å². The van der Waals surface area contributed by atoms with Crippen molar-refractivity contribution in [2.24, 2.45) is 5.73 Å². The first-order valence-electron chi connectivity index (χ1n) is 8.92. The van der Waals surface area contributed by atoms with Gasteiger partial charge in [0.15, 0.2) is 0 Å². The van der Waals surface area contributed by atoms with Gasteiger partial charge in [-0.2, -0.15) is 0 Å². The maximum absolute atomic E-state index is 12.7. The number of aromatic amines is 1. The number of hydrogen-bond acceptors (Lipinski definition) is 3. The van der Waals surface area contributed by atoms with E-state index < -0.39 is 5.91 Å². The monoisotopic (exact) mass is 376 g/mol. The second-order valence-corrected chi connectivity index (χ2v) is 7.60. The number of aromatic nitrogens is 1. The summed E-state index contributed by atoms with van der Waals surface area (Å²) in [5, 5.41) is 6.57. The molecule has 7 heteroatoms. The molecule has 5 N–H and O–H groups in total. The van der Waals surface area contributed by atoms with Gasteiger partial charge in [0.05, 0.1) is 0 Å². The molecule has 2 heterocycles. The zero-order valence-corrected chi connectivity index (χ0v) is 15.6. The molecule has 3 amide bonds. The van der Waals surface area contributed by atoms with Gasteiger partial charge in [-0.05, 0) is 48.0 Å². The lowest BCUT2D eigenvalue weighted by molar-refractivity contribution is 0.0924. The van der Waals surface area contributed by atoms with E-state index in [0.29, 0.717) is 29.1 Å². The van der Waals surface area contributed by atoms with E-state index >= 15 is 0 Å². The molecule has 1 aromatic heterocycles. The highest BCUT2D eigenvalue weighted by atomic mass is 16.2. The van der Waals surface area contributed by atoms with Crippen molar-refractivity contribution in [3.05, 3.63) is 64.8 Å². The van der Waals surface area contributed by atoms with Gasteiger partial charge in [-0.15, -0.1) is 0 Å². The summed E-state index contributed by atoms with van der Waals surface area (Å²) < 4.78 is 0. The van der Waals surface area contributed by atoms with E-state index in [4.69, 9.17) is 5.73 Å². The first-order chi connectivity index (χ1) is 13.3. The minimum atomic E-state index is -0.521. The Labute approximate surface area is 161 Å². The van der Waals surface area contributed by atoms with Gasteiger partial charge in [0.1, 0.15) is 5.69 Å². The third kappa shape index (κ3) is 2.90. The molecule has 0 aliphatic carbocycles. The Hall–Kier alpha value is -3.61. The number of amides is 3. The van der Waals surface area contributed by atoms with Gasteiger partial charge < -0.3 is 21.4 Å². The minimum absolute atomic E-state index is 0.133. The highest BCUT2D eigenvalue weighted by Crippen LogP contribution is 2.36. The average Bonchev–Trinajstić information content (AvgIpc) is 3.06. The highest BCUT2D eigenvalue weighted by Gasteiger charge is 2.35. The summed E-state index contributed by atoms with van der Waals surface area (Å²) in [6.07, 6.45) is 0. The number of primary amides is 1. The van der Waals surface area contributed by atoms with Crippen LogP contribution in [-0.2, 0) is 5.41 Å². The molecule has 7 nitrogen and oxygen atoms in total. The lowest BCUT2D eigenvalue weighted by Gasteiger charge is -2.30. The van der Waals surface area contributed by atoms with Crippen molar-refractivity contribution in [1.29, 1.82) is 0 Å². The predicted molar refractivity (Wildman–Crippen MR) is 107 cm³/mol. The van der Waals surface area contributed by atoms with Gasteiger partial charge in [-0.25, -0.2) is 0 Å². The number of carbonyl (C=O) groups is 3. The number of benzene rings is 2. The molecule has 0 unspecified atom stereocenters. The van der Waals surface area contributed by atoms with Crippen LogP contribution in [0.25, 0.3) is 10.9 Å². The van der Waals surface area contributed by atoms with Crippen molar-refractivity contribution in [3.63, 3.8) is 0 Å². The molecule has 1 aliphatic rings. The Morgan fingerprint density at radius 3 is 2.43 bits per heavy atom. The van der Waals surface area contributed by atoms with E-state index in [9.17, 15) is 14.4 Å². The fourth-order valence-corrected chi connectivity index (χ4v) is 3.61. The summed E-state index contributed by atoms with van der Waals surface area (Å²) in [7, 11) is 0. The third-order valence-electron chi connectivity index (χ3n) is 5.08. The van der Waals surface area contributed by atoms with Crippen LogP contribution >= 0.6 is 0 Å². The predicted octanol–water partition coefficient (Wildman–Crippen LogP) is 2.54. The first-order valence-corrected chi connectivity index (χ1v) is 8.92. The number of H-pyrrole nitrogens is 1. The van der Waals surface area contributed by atoms with Crippen LogP contribution in [0, 0.1) is 0 Å². The Morgan fingerprint density at radius 2 is 1.75 bits per heavy atom. The zero-order valence-electron chi connectivity index (χ0n) is 15.6. The summed E-state index contributed by atoms with van der Waals surface area (Å²) in [4.78, 5) is 39.2. The van der Waals surface area contributed by atoms with E-state index in [1.807, 2.05) is 6.07 Å². The number of anilines is 1. The van der Waals surface area contributed by atoms with Crippen molar-refractivity contribution in [2.45, 2.75) is 19.3 Å². The summed E-state index contributed by atoms with van der Waals surface area (Å²) >= 11 is 0. The average molecular weight is 376 g/mol. The molecule has 0 spiro atoms. The number of hydrogen-bond donors (Lipinski definition) is 4. The van der Waals surface area contributed by atoms with Gasteiger partial charge in [-0.1, -0.05) is 13.8 Å². The molecule has 142 valence electrons. The fourth-order valence-electron chi connectivity index (χ4n) is 3.61. The van der Waals surface area contributed by atoms with Crippen LogP contribution in [0.3, 0.4) is 0 Å². The Morgan fingerprint density at radius 1 is 1.07 bits per heavy atom. The molecule has 3 aromatic rings. The van der Waals surface area contributed by atoms with Crippen LogP contribution in [0.1, 0.15) is 50.6 Å². The lowest BCUT2D eigenvalue weighted by atomic mass is 9.80. The fraction of sp³-hybridized carbons (Fsp3) is 0.190. The van der Waals surface area contributed by atoms with Crippen molar-refractivity contribution in [2.75, 3.05) is 11.9 Å². The molecule has 0 saturated heterocycles. The molecule has 0 fully saturated rings. The molecule has 1 aliphatic heterocycles. The van der Waals surface area contributed by atoms with E-state index in [1.54, 1.807) is 36.4 Å². The smallest absolute Gasteiger partial charge is 0.268 e. The molecule has 4 rings (SSSR count). The zero-order chi connectivity index (χ0) is 20.1. The normalized spacial score (nSPS) is 15.0. The summed E-state index contributed by atoms with van der Waals surface area (Å²) in [6, 6.07) is 11.7. The number of nitrogens with one attached hydrogen (secondary N) is 3. The number of carbonyl (C=O) groups excluding carboxylic acids is 3. The van der Waals surface area contributed by atoms with E-state index in [-0.39, 0.29) is 17.2 Å². The second kappa shape index (κ2) is 6.23. The van der Waals surface area contributed by atoms with Gasteiger partial charge in [0.25, 0.3) is 11.8 Å². The molecule has 2 aromatic carbocycles. The summed E-state index contributed by atoms with van der Waals surface area (Å²) in [6.45, 7) is 4.66. The Bertz CT molecular complexity index is 1130. The van der Waals surface area contributed by atoms with Crippen LogP contribution in [-0.4, -0.2) is 29.3 Å². The van der Waals surface area contributed by atoms with Crippen molar-refractivity contribution < 1.29 is 14.4 Å². The van der Waals surface area contributed by atoms with Crippen LogP contribution in [0.4, 0.5) is 5.69 Å². The standard InChI is InChI=1S/C21H20N4O3/c1-21(2)10-23-20(28)17-16(21)14-9-12(5-8-15(14)25-17)19(27)24-13-6-3-11(4-7-13)18(22)26/h3-9,25H,10H2,1-2H3,(H2,22,26)(H,23,28)(H,24,27). The quantitative estimate of drug-likeness (QED) is 0.563. The van der Waals surface area contributed by atoms with Crippen LogP contribution in [0.5, 0.6) is 0 Å². The number of fused-ring (bicyclic) bond motifs is 3. The SMILES string of the molecule is CC1(C)CNC(=O)c2[nH]c3ccc(C(=O)Nc4ccc(C(N)=O)cc4)cc3c21. The van der Waals surface area contributed by atoms with Crippen LogP contribution < -0.4 is 16.4 Å².